The normalized spacial score (nSPS) is 17.0. The zero-order valence-electron chi connectivity index (χ0n) is 14.9. The summed E-state index contributed by atoms with van der Waals surface area (Å²) < 4.78 is 27.1. The highest BCUT2D eigenvalue weighted by atomic mass is 35.5. The van der Waals surface area contributed by atoms with E-state index in [9.17, 15) is 28.6 Å². The van der Waals surface area contributed by atoms with Gasteiger partial charge in [-0.2, -0.15) is 0 Å². The van der Waals surface area contributed by atoms with Gasteiger partial charge in [-0.15, -0.1) is 0 Å². The molecule has 1 amide bonds. The Hall–Kier alpha value is -2.93. The molecule has 146 valence electrons. The SMILES string of the molecule is CC(C)C(=O)C1=C(O)C(=O)N(c2ccc(F)c(F)c2)C1c1ccc(O)c(Cl)c1. The molecule has 0 spiro atoms. The summed E-state index contributed by atoms with van der Waals surface area (Å²) in [5, 5.41) is 20.0. The monoisotopic (exact) mass is 407 g/mol. The van der Waals surface area contributed by atoms with Crippen LogP contribution in [-0.4, -0.2) is 21.9 Å². The molecule has 1 aliphatic heterocycles. The number of ketones is 1. The van der Waals surface area contributed by atoms with Crippen LogP contribution in [0.2, 0.25) is 5.02 Å². The molecule has 8 heteroatoms. The molecule has 0 bridgehead atoms. The molecular weight excluding hydrogens is 392 g/mol. The Kier molecular flexibility index (Phi) is 5.12. The zero-order chi connectivity index (χ0) is 20.7. The number of carbonyl (C=O) groups excluding carboxylic acids is 2. The van der Waals surface area contributed by atoms with Crippen molar-refractivity contribution in [3.05, 3.63) is 70.0 Å². The summed E-state index contributed by atoms with van der Waals surface area (Å²) >= 11 is 5.97. The highest BCUT2D eigenvalue weighted by Crippen LogP contribution is 2.43. The second kappa shape index (κ2) is 7.24. The number of hydrogen-bond acceptors (Lipinski definition) is 4. The third-order valence-electron chi connectivity index (χ3n) is 4.47. The van der Waals surface area contributed by atoms with Gasteiger partial charge in [-0.3, -0.25) is 14.5 Å². The van der Waals surface area contributed by atoms with Gasteiger partial charge in [0.15, 0.2) is 23.2 Å². The molecule has 2 aromatic carbocycles. The van der Waals surface area contributed by atoms with Crippen LogP contribution in [-0.2, 0) is 9.59 Å². The molecule has 1 unspecified atom stereocenters. The van der Waals surface area contributed by atoms with E-state index in [1.807, 2.05) is 0 Å². The van der Waals surface area contributed by atoms with Crippen molar-refractivity contribution in [3.8, 4) is 5.75 Å². The quantitative estimate of drug-likeness (QED) is 0.785. The topological polar surface area (TPSA) is 77.8 Å². The standard InChI is InChI=1S/C20H16ClF2NO4/c1-9(2)18(26)16-17(10-3-6-15(25)12(21)7-10)24(20(28)19(16)27)11-4-5-13(22)14(23)8-11/h3-9,17,25,27H,1-2H3. The van der Waals surface area contributed by atoms with Gasteiger partial charge < -0.3 is 10.2 Å². The number of aliphatic hydroxyl groups excluding tert-OH is 1. The zero-order valence-corrected chi connectivity index (χ0v) is 15.7. The Bertz CT molecular complexity index is 1020. The molecule has 0 radical (unpaired) electrons. The van der Waals surface area contributed by atoms with E-state index in [2.05, 4.69) is 0 Å². The van der Waals surface area contributed by atoms with Crippen molar-refractivity contribution >= 4 is 29.0 Å². The second-order valence-electron chi connectivity index (χ2n) is 6.67. The molecule has 5 nitrogen and oxygen atoms in total. The number of phenolic OH excluding ortho intramolecular Hbond substituents is 1. The van der Waals surface area contributed by atoms with Crippen molar-refractivity contribution < 1.29 is 28.6 Å². The minimum absolute atomic E-state index is 0.0297. The van der Waals surface area contributed by atoms with E-state index >= 15 is 0 Å². The maximum absolute atomic E-state index is 13.8. The van der Waals surface area contributed by atoms with E-state index in [4.69, 9.17) is 11.6 Å². The lowest BCUT2D eigenvalue weighted by Crippen LogP contribution is -2.31. The first kappa shape index (κ1) is 19.8. The fourth-order valence-corrected chi connectivity index (χ4v) is 3.27. The lowest BCUT2D eigenvalue weighted by Gasteiger charge is -2.27. The Balaban J connectivity index is 2.23. The fourth-order valence-electron chi connectivity index (χ4n) is 3.08. The van der Waals surface area contributed by atoms with Crippen molar-refractivity contribution in [3.63, 3.8) is 0 Å². The number of aliphatic hydroxyl groups is 1. The van der Waals surface area contributed by atoms with Gasteiger partial charge in [0.2, 0.25) is 0 Å². The molecule has 0 fully saturated rings. The summed E-state index contributed by atoms with van der Waals surface area (Å²) in [6.07, 6.45) is 0. The number of phenols is 1. The summed E-state index contributed by atoms with van der Waals surface area (Å²) in [5.41, 5.74) is 0.0941. The van der Waals surface area contributed by atoms with Crippen LogP contribution in [0.3, 0.4) is 0 Å². The number of anilines is 1. The van der Waals surface area contributed by atoms with Crippen LogP contribution in [0.25, 0.3) is 0 Å². The first-order valence-electron chi connectivity index (χ1n) is 8.37. The first-order valence-corrected chi connectivity index (χ1v) is 8.75. The lowest BCUT2D eigenvalue weighted by atomic mass is 9.91. The van der Waals surface area contributed by atoms with Crippen molar-refractivity contribution in [1.82, 2.24) is 0 Å². The molecule has 2 aromatic rings. The number of halogens is 3. The third kappa shape index (κ3) is 3.22. The molecule has 2 N–H and O–H groups in total. The minimum atomic E-state index is -1.18. The van der Waals surface area contributed by atoms with Gasteiger partial charge in [0.05, 0.1) is 16.6 Å². The number of benzene rings is 2. The number of rotatable bonds is 4. The van der Waals surface area contributed by atoms with Crippen LogP contribution in [0.1, 0.15) is 25.5 Å². The van der Waals surface area contributed by atoms with Crippen LogP contribution in [0.4, 0.5) is 14.5 Å². The average molecular weight is 408 g/mol. The van der Waals surface area contributed by atoms with E-state index in [1.165, 1.54) is 24.3 Å². The number of amides is 1. The van der Waals surface area contributed by atoms with Gasteiger partial charge in [0.1, 0.15) is 5.75 Å². The molecule has 3 rings (SSSR count). The fraction of sp³-hybridized carbons (Fsp3) is 0.200. The van der Waals surface area contributed by atoms with Gasteiger partial charge in [-0.1, -0.05) is 31.5 Å². The summed E-state index contributed by atoms with van der Waals surface area (Å²) in [4.78, 5) is 26.5. The van der Waals surface area contributed by atoms with Gasteiger partial charge in [-0.25, -0.2) is 8.78 Å². The highest BCUT2D eigenvalue weighted by Gasteiger charge is 2.45. The van der Waals surface area contributed by atoms with Gasteiger partial charge >= 0.3 is 0 Å². The lowest BCUT2D eigenvalue weighted by molar-refractivity contribution is -0.119. The Morgan fingerprint density at radius 1 is 1.11 bits per heavy atom. The predicted molar refractivity (Wildman–Crippen MR) is 99.2 cm³/mol. The Morgan fingerprint density at radius 2 is 1.79 bits per heavy atom. The molecular formula is C20H16ClF2NO4. The van der Waals surface area contributed by atoms with E-state index in [0.29, 0.717) is 5.56 Å². The Morgan fingerprint density at radius 3 is 2.36 bits per heavy atom. The van der Waals surface area contributed by atoms with Crippen LogP contribution in [0.5, 0.6) is 5.75 Å². The van der Waals surface area contributed by atoms with Crippen molar-refractivity contribution in [1.29, 1.82) is 0 Å². The molecule has 0 aromatic heterocycles. The van der Waals surface area contributed by atoms with Gasteiger partial charge in [-0.05, 0) is 29.8 Å². The van der Waals surface area contributed by atoms with Crippen molar-refractivity contribution in [2.24, 2.45) is 5.92 Å². The number of nitrogens with zero attached hydrogens (tertiary/aromatic N) is 1. The molecule has 0 saturated carbocycles. The highest BCUT2D eigenvalue weighted by molar-refractivity contribution is 6.32. The van der Waals surface area contributed by atoms with Gasteiger partial charge in [0, 0.05) is 17.7 Å². The molecule has 0 aliphatic carbocycles. The van der Waals surface area contributed by atoms with E-state index in [-0.39, 0.29) is 22.0 Å². The maximum atomic E-state index is 13.8. The second-order valence-corrected chi connectivity index (χ2v) is 7.08. The first-order chi connectivity index (χ1) is 13.1. The smallest absolute Gasteiger partial charge is 0.294 e. The molecule has 28 heavy (non-hydrogen) atoms. The van der Waals surface area contributed by atoms with Gasteiger partial charge in [0.25, 0.3) is 5.91 Å². The summed E-state index contributed by atoms with van der Waals surface area (Å²) in [6.45, 7) is 3.21. The summed E-state index contributed by atoms with van der Waals surface area (Å²) in [5.74, 6) is -5.21. The number of aromatic hydroxyl groups is 1. The molecule has 0 saturated heterocycles. The van der Waals surface area contributed by atoms with Crippen LogP contribution in [0.15, 0.2) is 47.7 Å². The number of carbonyl (C=O) groups is 2. The molecule has 1 atom stereocenters. The summed E-state index contributed by atoms with van der Waals surface area (Å²) in [6, 6.07) is 5.74. The van der Waals surface area contributed by atoms with Crippen molar-refractivity contribution in [2.75, 3.05) is 4.90 Å². The third-order valence-corrected chi connectivity index (χ3v) is 4.77. The summed E-state index contributed by atoms with van der Waals surface area (Å²) in [7, 11) is 0. The largest absolute Gasteiger partial charge is 0.506 e. The minimum Gasteiger partial charge on any atom is -0.506 e. The van der Waals surface area contributed by atoms with E-state index in [1.54, 1.807) is 13.8 Å². The number of Topliss-reactive ketones (excluding diaryl/α,β-unsaturated/α-hetero) is 1. The van der Waals surface area contributed by atoms with E-state index in [0.717, 1.165) is 17.0 Å². The van der Waals surface area contributed by atoms with Crippen LogP contribution in [0, 0.1) is 17.6 Å². The maximum Gasteiger partial charge on any atom is 0.294 e. The number of hydrogen-bond donors (Lipinski definition) is 2. The molecule has 1 aliphatic rings. The van der Waals surface area contributed by atoms with Crippen LogP contribution >= 0.6 is 11.6 Å². The van der Waals surface area contributed by atoms with Crippen LogP contribution < -0.4 is 4.90 Å². The average Bonchev–Trinajstić information content (AvgIpc) is 2.90. The van der Waals surface area contributed by atoms with E-state index < -0.39 is 41.0 Å². The van der Waals surface area contributed by atoms with Crippen molar-refractivity contribution in [2.45, 2.75) is 19.9 Å². The molecule has 1 heterocycles. The Labute approximate surface area is 164 Å². The predicted octanol–water partition coefficient (Wildman–Crippen LogP) is 4.45.